The highest BCUT2D eigenvalue weighted by molar-refractivity contribution is 5.21. The average molecular weight is 479 g/mol. The first kappa shape index (κ1) is 29.9. The van der Waals surface area contributed by atoms with E-state index in [4.69, 9.17) is 9.47 Å². The molecular weight excluding hydrogens is 436 g/mol. The molecule has 1 atom stereocenters. The van der Waals surface area contributed by atoms with E-state index in [1.165, 1.54) is 25.7 Å². The minimum Gasteiger partial charge on any atom is -0.343 e. The van der Waals surface area contributed by atoms with Crippen LogP contribution >= 0.6 is 0 Å². The van der Waals surface area contributed by atoms with Crippen LogP contribution in [-0.2, 0) is 15.9 Å². The van der Waals surface area contributed by atoms with Crippen LogP contribution in [0.1, 0.15) is 103 Å². The van der Waals surface area contributed by atoms with Gasteiger partial charge in [-0.15, -0.1) is 0 Å². The standard InChI is InChI=1S/C26H42F4O3/c1-4-7-8-9-10-14-17-21(26(31,32-5-2)33-6-3)18-15-12-11-13-16-20-19-22(27)24(29)25(30)23(20)28/h19,21,31H,4-18H2,1-3H3. The Bertz CT molecular complexity index is 663. The molecule has 0 aromatic heterocycles. The SMILES string of the molecule is CCCCCCCCC(CCCCCCc1cc(F)c(F)c(F)c1F)C(O)(OCC)OCC. The van der Waals surface area contributed by atoms with E-state index in [0.717, 1.165) is 51.0 Å². The van der Waals surface area contributed by atoms with E-state index in [0.29, 0.717) is 19.6 Å². The number of unbranched alkanes of at least 4 members (excludes halogenated alkanes) is 8. The Kier molecular flexibility index (Phi) is 14.9. The number of hydrogen-bond donors (Lipinski definition) is 1. The minimum absolute atomic E-state index is 0.142. The molecule has 0 bridgehead atoms. The predicted octanol–water partition coefficient (Wildman–Crippen LogP) is 7.82. The largest absolute Gasteiger partial charge is 0.343 e. The van der Waals surface area contributed by atoms with E-state index in [1.807, 2.05) is 13.8 Å². The summed E-state index contributed by atoms with van der Waals surface area (Å²) in [5.41, 5.74) is -0.144. The van der Waals surface area contributed by atoms with E-state index in [2.05, 4.69) is 6.92 Å². The highest BCUT2D eigenvalue weighted by atomic mass is 19.2. The third-order valence-corrected chi connectivity index (χ3v) is 6.05. The van der Waals surface area contributed by atoms with Crippen LogP contribution in [0.5, 0.6) is 0 Å². The summed E-state index contributed by atoms with van der Waals surface area (Å²) in [6.07, 6.45) is 11.5. The quantitative estimate of drug-likeness (QED) is 0.0724. The molecule has 0 saturated heterocycles. The van der Waals surface area contributed by atoms with Crippen molar-refractivity contribution < 1.29 is 32.1 Å². The number of hydrogen-bond acceptors (Lipinski definition) is 3. The van der Waals surface area contributed by atoms with Gasteiger partial charge in [0.05, 0.1) is 0 Å². The summed E-state index contributed by atoms with van der Waals surface area (Å²) in [7, 11) is 0. The molecule has 0 aliphatic heterocycles. The smallest absolute Gasteiger partial charge is 0.283 e. The van der Waals surface area contributed by atoms with Crippen molar-refractivity contribution >= 4 is 0 Å². The molecule has 0 radical (unpaired) electrons. The van der Waals surface area contributed by atoms with Gasteiger partial charge in [0.1, 0.15) is 0 Å². The maximum Gasteiger partial charge on any atom is 0.283 e. The van der Waals surface area contributed by atoms with Gasteiger partial charge in [-0.05, 0) is 51.2 Å². The first-order chi connectivity index (χ1) is 15.8. The molecule has 3 nitrogen and oxygen atoms in total. The van der Waals surface area contributed by atoms with Crippen LogP contribution in [0.15, 0.2) is 6.07 Å². The molecule has 192 valence electrons. The summed E-state index contributed by atoms with van der Waals surface area (Å²) in [4.78, 5) is 0. The number of halogens is 4. The Morgan fingerprint density at radius 2 is 1.24 bits per heavy atom. The van der Waals surface area contributed by atoms with E-state index in [-0.39, 0.29) is 17.9 Å². The van der Waals surface area contributed by atoms with Gasteiger partial charge in [-0.1, -0.05) is 64.7 Å². The summed E-state index contributed by atoms with van der Waals surface area (Å²) >= 11 is 0. The zero-order chi connectivity index (χ0) is 24.7. The van der Waals surface area contributed by atoms with Crippen molar-refractivity contribution in [1.29, 1.82) is 0 Å². The maximum atomic E-state index is 13.8. The second-order valence-electron chi connectivity index (χ2n) is 8.66. The highest BCUT2D eigenvalue weighted by Gasteiger charge is 2.38. The Morgan fingerprint density at radius 1 is 0.727 bits per heavy atom. The van der Waals surface area contributed by atoms with Gasteiger partial charge in [-0.3, -0.25) is 0 Å². The first-order valence-corrected chi connectivity index (χ1v) is 12.6. The topological polar surface area (TPSA) is 38.7 Å². The Morgan fingerprint density at radius 3 is 1.79 bits per heavy atom. The Balaban J connectivity index is 2.52. The second kappa shape index (κ2) is 16.4. The summed E-state index contributed by atoms with van der Waals surface area (Å²) in [6, 6.07) is 0.731. The zero-order valence-corrected chi connectivity index (χ0v) is 20.5. The summed E-state index contributed by atoms with van der Waals surface area (Å²) in [5, 5.41) is 11.0. The van der Waals surface area contributed by atoms with Gasteiger partial charge in [0.2, 0.25) is 0 Å². The fourth-order valence-corrected chi connectivity index (χ4v) is 4.23. The summed E-state index contributed by atoms with van der Waals surface area (Å²) < 4.78 is 64.7. The fourth-order valence-electron chi connectivity index (χ4n) is 4.23. The second-order valence-corrected chi connectivity index (χ2v) is 8.66. The minimum atomic E-state index is -1.77. The van der Waals surface area contributed by atoms with Crippen LogP contribution in [0.4, 0.5) is 17.6 Å². The van der Waals surface area contributed by atoms with Crippen molar-refractivity contribution in [2.45, 2.75) is 110 Å². The van der Waals surface area contributed by atoms with Gasteiger partial charge in [0.15, 0.2) is 23.3 Å². The molecule has 1 aromatic rings. The van der Waals surface area contributed by atoms with Crippen molar-refractivity contribution in [3.8, 4) is 0 Å². The molecule has 0 aliphatic rings. The lowest BCUT2D eigenvalue weighted by Gasteiger charge is -2.35. The van der Waals surface area contributed by atoms with Crippen LogP contribution in [0.2, 0.25) is 0 Å². The molecule has 0 aliphatic carbocycles. The molecule has 7 heteroatoms. The molecule has 1 N–H and O–H groups in total. The first-order valence-electron chi connectivity index (χ1n) is 12.6. The van der Waals surface area contributed by atoms with Crippen molar-refractivity contribution in [3.63, 3.8) is 0 Å². The Labute approximate surface area is 196 Å². The molecule has 1 rings (SSSR count). The molecule has 0 amide bonds. The number of benzene rings is 1. The van der Waals surface area contributed by atoms with E-state index in [9.17, 15) is 22.7 Å². The van der Waals surface area contributed by atoms with Gasteiger partial charge in [0, 0.05) is 19.1 Å². The predicted molar refractivity (Wildman–Crippen MR) is 123 cm³/mol. The molecule has 0 fully saturated rings. The number of aliphatic hydroxyl groups is 1. The van der Waals surface area contributed by atoms with Crippen LogP contribution in [0.25, 0.3) is 0 Å². The molecule has 0 spiro atoms. The molecule has 1 unspecified atom stereocenters. The monoisotopic (exact) mass is 478 g/mol. The molecule has 1 aromatic carbocycles. The molecule has 0 saturated carbocycles. The fraction of sp³-hybridized carbons (Fsp3) is 0.769. The van der Waals surface area contributed by atoms with E-state index >= 15 is 0 Å². The van der Waals surface area contributed by atoms with Crippen molar-refractivity contribution in [2.75, 3.05) is 13.2 Å². The lowest BCUT2D eigenvalue weighted by atomic mass is 9.91. The van der Waals surface area contributed by atoms with E-state index in [1.54, 1.807) is 0 Å². The van der Waals surface area contributed by atoms with Gasteiger partial charge >= 0.3 is 0 Å². The number of aryl methyl sites for hydroxylation is 1. The molecule has 0 heterocycles. The average Bonchev–Trinajstić information content (AvgIpc) is 2.78. The Hall–Kier alpha value is -1.18. The molecule has 33 heavy (non-hydrogen) atoms. The lowest BCUT2D eigenvalue weighted by Crippen LogP contribution is -2.44. The molecular formula is C26H42F4O3. The highest BCUT2D eigenvalue weighted by Crippen LogP contribution is 2.31. The zero-order valence-electron chi connectivity index (χ0n) is 20.5. The normalized spacial score (nSPS) is 13.0. The van der Waals surface area contributed by atoms with Crippen LogP contribution in [-0.4, -0.2) is 24.3 Å². The third-order valence-electron chi connectivity index (χ3n) is 6.05. The summed E-state index contributed by atoms with van der Waals surface area (Å²) in [6.45, 7) is 6.53. The lowest BCUT2D eigenvalue weighted by molar-refractivity contribution is -0.385. The van der Waals surface area contributed by atoms with Crippen molar-refractivity contribution in [1.82, 2.24) is 0 Å². The van der Waals surface area contributed by atoms with Gasteiger partial charge in [-0.2, -0.15) is 0 Å². The third kappa shape index (κ3) is 10.3. The van der Waals surface area contributed by atoms with E-state index < -0.39 is 29.2 Å². The number of rotatable bonds is 19. The summed E-state index contributed by atoms with van der Waals surface area (Å²) in [5.74, 6) is -7.96. The van der Waals surface area contributed by atoms with Crippen LogP contribution < -0.4 is 0 Å². The van der Waals surface area contributed by atoms with Crippen molar-refractivity contribution in [2.24, 2.45) is 5.92 Å². The number of ether oxygens (including phenoxy) is 2. The van der Waals surface area contributed by atoms with Gasteiger partial charge in [0.25, 0.3) is 5.97 Å². The van der Waals surface area contributed by atoms with Crippen LogP contribution in [0.3, 0.4) is 0 Å². The van der Waals surface area contributed by atoms with Crippen LogP contribution in [0, 0.1) is 29.2 Å². The maximum absolute atomic E-state index is 13.8. The van der Waals surface area contributed by atoms with Gasteiger partial charge in [-0.25, -0.2) is 17.6 Å². The van der Waals surface area contributed by atoms with Crippen molar-refractivity contribution in [3.05, 3.63) is 34.9 Å². The van der Waals surface area contributed by atoms with Gasteiger partial charge < -0.3 is 14.6 Å².